The van der Waals surface area contributed by atoms with Crippen molar-refractivity contribution < 1.29 is 9.72 Å². The van der Waals surface area contributed by atoms with E-state index in [2.05, 4.69) is 10.4 Å². The SMILES string of the molecule is Cc1cc(Cl)ccc1NC(=O)c1cnn(-c2ccc([N+](=O)[O-])cc2)c1. The van der Waals surface area contributed by atoms with Crippen LogP contribution in [0.15, 0.2) is 54.9 Å². The monoisotopic (exact) mass is 356 g/mol. The first-order chi connectivity index (χ1) is 11.9. The number of nitrogens with zero attached hydrogens (tertiary/aromatic N) is 3. The number of nitrogens with one attached hydrogen (secondary N) is 1. The molecule has 0 aliphatic rings. The Balaban J connectivity index is 1.78. The highest BCUT2D eigenvalue weighted by Crippen LogP contribution is 2.20. The van der Waals surface area contributed by atoms with Crippen LogP contribution in [0, 0.1) is 17.0 Å². The molecule has 8 heteroatoms. The fourth-order valence-electron chi connectivity index (χ4n) is 2.27. The predicted molar refractivity (Wildman–Crippen MR) is 94.4 cm³/mol. The molecule has 126 valence electrons. The smallest absolute Gasteiger partial charge is 0.269 e. The largest absolute Gasteiger partial charge is 0.322 e. The highest BCUT2D eigenvalue weighted by molar-refractivity contribution is 6.30. The van der Waals surface area contributed by atoms with E-state index in [4.69, 9.17) is 11.6 Å². The van der Waals surface area contributed by atoms with Gasteiger partial charge in [0.2, 0.25) is 0 Å². The van der Waals surface area contributed by atoms with Crippen LogP contribution in [0.25, 0.3) is 5.69 Å². The first-order valence-corrected chi connectivity index (χ1v) is 7.69. The molecule has 0 fully saturated rings. The van der Waals surface area contributed by atoms with Crippen molar-refractivity contribution in [2.75, 3.05) is 5.32 Å². The zero-order valence-corrected chi connectivity index (χ0v) is 13.9. The number of non-ortho nitro benzene ring substituents is 1. The molecule has 1 heterocycles. The van der Waals surface area contributed by atoms with Crippen molar-refractivity contribution in [2.24, 2.45) is 0 Å². The molecular weight excluding hydrogens is 344 g/mol. The molecule has 1 amide bonds. The van der Waals surface area contributed by atoms with Crippen molar-refractivity contribution in [3.63, 3.8) is 0 Å². The zero-order valence-electron chi connectivity index (χ0n) is 13.1. The van der Waals surface area contributed by atoms with Gasteiger partial charge >= 0.3 is 0 Å². The van der Waals surface area contributed by atoms with Gasteiger partial charge in [0, 0.05) is 29.0 Å². The minimum Gasteiger partial charge on any atom is -0.322 e. The number of carbonyl (C=O) groups excluding carboxylic acids is 1. The summed E-state index contributed by atoms with van der Waals surface area (Å²) in [6.45, 7) is 1.85. The minimum absolute atomic E-state index is 0.00733. The van der Waals surface area contributed by atoms with Crippen LogP contribution in [-0.4, -0.2) is 20.6 Å². The lowest BCUT2D eigenvalue weighted by molar-refractivity contribution is -0.384. The number of nitro groups is 1. The maximum atomic E-state index is 12.4. The van der Waals surface area contributed by atoms with Crippen molar-refractivity contribution in [1.82, 2.24) is 9.78 Å². The van der Waals surface area contributed by atoms with Crippen LogP contribution < -0.4 is 5.32 Å². The lowest BCUT2D eigenvalue weighted by Crippen LogP contribution is -2.12. The zero-order chi connectivity index (χ0) is 18.0. The number of aromatic nitrogens is 2. The van der Waals surface area contributed by atoms with E-state index >= 15 is 0 Å². The Morgan fingerprint density at radius 2 is 1.96 bits per heavy atom. The summed E-state index contributed by atoms with van der Waals surface area (Å²) in [5, 5.41) is 18.2. The number of halogens is 1. The van der Waals surface area contributed by atoms with Crippen molar-refractivity contribution in [3.8, 4) is 5.69 Å². The molecule has 3 aromatic rings. The quantitative estimate of drug-likeness (QED) is 0.565. The summed E-state index contributed by atoms with van der Waals surface area (Å²) < 4.78 is 1.48. The van der Waals surface area contributed by atoms with Crippen LogP contribution in [0.4, 0.5) is 11.4 Å². The number of aryl methyl sites for hydroxylation is 1. The molecule has 0 unspecified atom stereocenters. The summed E-state index contributed by atoms with van der Waals surface area (Å²) in [5.41, 5.74) is 2.49. The standard InChI is InChI=1S/C17H13ClN4O3/c1-11-8-13(18)2-7-16(11)20-17(23)12-9-19-21(10-12)14-3-5-15(6-4-14)22(24)25/h2-10H,1H3,(H,20,23). The average Bonchev–Trinajstić information content (AvgIpc) is 3.07. The van der Waals surface area contributed by atoms with Gasteiger partial charge in [0.05, 0.1) is 22.4 Å². The Kier molecular flexibility index (Phi) is 4.49. The third-order valence-electron chi connectivity index (χ3n) is 3.61. The molecule has 25 heavy (non-hydrogen) atoms. The Labute approximate surface area is 148 Å². The Bertz CT molecular complexity index is 951. The molecule has 0 bridgehead atoms. The Morgan fingerprint density at radius 1 is 1.24 bits per heavy atom. The number of anilines is 1. The summed E-state index contributed by atoms with van der Waals surface area (Å²) in [6.07, 6.45) is 2.99. The van der Waals surface area contributed by atoms with Crippen LogP contribution >= 0.6 is 11.6 Å². The summed E-state index contributed by atoms with van der Waals surface area (Å²) in [4.78, 5) is 22.6. The van der Waals surface area contributed by atoms with Gasteiger partial charge in [0.25, 0.3) is 11.6 Å². The average molecular weight is 357 g/mol. The molecule has 7 nitrogen and oxygen atoms in total. The molecule has 0 spiro atoms. The number of hydrogen-bond donors (Lipinski definition) is 1. The molecule has 0 saturated heterocycles. The molecule has 0 aliphatic heterocycles. The second kappa shape index (κ2) is 6.74. The van der Waals surface area contributed by atoms with Crippen LogP contribution in [-0.2, 0) is 0 Å². The number of hydrogen-bond acceptors (Lipinski definition) is 4. The summed E-state index contributed by atoms with van der Waals surface area (Å²) in [7, 11) is 0. The van der Waals surface area contributed by atoms with Crippen LogP contribution in [0.1, 0.15) is 15.9 Å². The maximum Gasteiger partial charge on any atom is 0.269 e. The molecular formula is C17H13ClN4O3. The van der Waals surface area contributed by atoms with E-state index in [1.165, 1.54) is 23.0 Å². The van der Waals surface area contributed by atoms with Crippen LogP contribution in [0.2, 0.25) is 5.02 Å². The number of nitro benzene ring substituents is 1. The van der Waals surface area contributed by atoms with Gasteiger partial charge in [-0.2, -0.15) is 5.10 Å². The lowest BCUT2D eigenvalue weighted by atomic mass is 10.2. The van der Waals surface area contributed by atoms with E-state index in [0.717, 1.165) is 5.56 Å². The van der Waals surface area contributed by atoms with E-state index in [1.807, 2.05) is 6.92 Å². The van der Waals surface area contributed by atoms with Gasteiger partial charge in [0.1, 0.15) is 0 Å². The van der Waals surface area contributed by atoms with Crippen molar-refractivity contribution in [3.05, 3.63) is 81.1 Å². The topological polar surface area (TPSA) is 90.1 Å². The molecule has 0 aliphatic carbocycles. The third-order valence-corrected chi connectivity index (χ3v) is 3.84. The molecule has 1 N–H and O–H groups in total. The van der Waals surface area contributed by atoms with E-state index in [0.29, 0.717) is 22.0 Å². The minimum atomic E-state index is -0.472. The lowest BCUT2D eigenvalue weighted by Gasteiger charge is -2.07. The third kappa shape index (κ3) is 3.67. The molecule has 0 radical (unpaired) electrons. The first kappa shape index (κ1) is 16.7. The predicted octanol–water partition coefficient (Wildman–Crippen LogP) is 3.99. The number of rotatable bonds is 4. The van der Waals surface area contributed by atoms with Gasteiger partial charge in [-0.1, -0.05) is 11.6 Å². The van der Waals surface area contributed by atoms with Crippen molar-refractivity contribution >= 4 is 28.9 Å². The summed E-state index contributed by atoms with van der Waals surface area (Å²) >= 11 is 5.90. The number of amides is 1. The van der Waals surface area contributed by atoms with Gasteiger partial charge in [-0.15, -0.1) is 0 Å². The Hall–Kier alpha value is -3.19. The van der Waals surface area contributed by atoms with E-state index in [1.54, 1.807) is 36.5 Å². The highest BCUT2D eigenvalue weighted by atomic mass is 35.5. The molecule has 0 saturated carbocycles. The van der Waals surface area contributed by atoms with Crippen molar-refractivity contribution in [2.45, 2.75) is 6.92 Å². The second-order valence-corrected chi connectivity index (χ2v) is 5.80. The fourth-order valence-corrected chi connectivity index (χ4v) is 2.50. The molecule has 3 rings (SSSR count). The van der Waals surface area contributed by atoms with Crippen LogP contribution in [0.3, 0.4) is 0 Å². The van der Waals surface area contributed by atoms with E-state index < -0.39 is 4.92 Å². The first-order valence-electron chi connectivity index (χ1n) is 7.31. The summed E-state index contributed by atoms with van der Waals surface area (Å²) in [6, 6.07) is 11.1. The summed E-state index contributed by atoms with van der Waals surface area (Å²) in [5.74, 6) is -0.307. The fraction of sp³-hybridized carbons (Fsp3) is 0.0588. The highest BCUT2D eigenvalue weighted by Gasteiger charge is 2.12. The van der Waals surface area contributed by atoms with Crippen LogP contribution in [0.5, 0.6) is 0 Å². The number of carbonyl (C=O) groups is 1. The molecule has 1 aromatic heterocycles. The van der Waals surface area contributed by atoms with Gasteiger partial charge in [0.15, 0.2) is 0 Å². The second-order valence-electron chi connectivity index (χ2n) is 5.36. The Morgan fingerprint density at radius 3 is 2.60 bits per heavy atom. The van der Waals surface area contributed by atoms with Gasteiger partial charge in [-0.05, 0) is 42.8 Å². The van der Waals surface area contributed by atoms with Gasteiger partial charge in [-0.25, -0.2) is 4.68 Å². The molecule has 0 atom stereocenters. The van der Waals surface area contributed by atoms with Crippen molar-refractivity contribution in [1.29, 1.82) is 0 Å². The normalized spacial score (nSPS) is 10.5. The molecule has 2 aromatic carbocycles. The maximum absolute atomic E-state index is 12.4. The van der Waals surface area contributed by atoms with E-state index in [9.17, 15) is 14.9 Å². The van der Waals surface area contributed by atoms with Gasteiger partial charge in [-0.3, -0.25) is 14.9 Å². The van der Waals surface area contributed by atoms with E-state index in [-0.39, 0.29) is 11.6 Å². The van der Waals surface area contributed by atoms with Gasteiger partial charge < -0.3 is 5.32 Å². The number of benzene rings is 2.